The van der Waals surface area contributed by atoms with Crippen molar-refractivity contribution in [1.29, 1.82) is 0 Å². The summed E-state index contributed by atoms with van der Waals surface area (Å²) >= 11 is 12.5. The van der Waals surface area contributed by atoms with E-state index in [9.17, 15) is 30.8 Å². The van der Waals surface area contributed by atoms with Crippen molar-refractivity contribution in [1.82, 2.24) is 24.1 Å². The highest BCUT2D eigenvalue weighted by atomic mass is 35.5. The molecule has 0 aromatic heterocycles. The summed E-state index contributed by atoms with van der Waals surface area (Å²) in [7, 11) is 1.01. The first-order valence-electron chi connectivity index (χ1n) is 14.9. The van der Waals surface area contributed by atoms with E-state index in [4.69, 9.17) is 27.5 Å². The molecule has 0 bridgehead atoms. The van der Waals surface area contributed by atoms with Crippen LogP contribution < -0.4 is 0 Å². The number of hydrogen-bond donors (Lipinski definition) is 0. The number of alkyl halides is 3. The fourth-order valence-corrected chi connectivity index (χ4v) is 7.37. The summed E-state index contributed by atoms with van der Waals surface area (Å²) in [6, 6.07) is 8.02. The molecule has 2 saturated heterocycles. The predicted molar refractivity (Wildman–Crippen MR) is 168 cm³/mol. The summed E-state index contributed by atoms with van der Waals surface area (Å²) in [5.74, 6) is -1.50. The third-order valence-corrected chi connectivity index (χ3v) is 10.6. The third-order valence-electron chi connectivity index (χ3n) is 8.36. The van der Waals surface area contributed by atoms with E-state index in [0.717, 1.165) is 35.7 Å². The van der Waals surface area contributed by atoms with Crippen LogP contribution in [0.4, 0.5) is 17.6 Å². The molecule has 2 aliphatic rings. The minimum Gasteiger partial charge on any atom is -0.340 e. The number of rotatable bonds is 12. The zero-order valence-corrected chi connectivity index (χ0v) is 28.3. The van der Waals surface area contributed by atoms with Gasteiger partial charge < -0.3 is 9.80 Å². The number of carbonyl (C=O) groups excluding carboxylic acids is 1. The van der Waals surface area contributed by atoms with Gasteiger partial charge >= 0.3 is 16.5 Å². The maximum Gasteiger partial charge on any atom is 0.419 e. The predicted octanol–water partition coefficient (Wildman–Crippen LogP) is 5.10. The number of hydrogen-bond acceptors (Lipinski definition) is 7. The Bertz CT molecular complexity index is 1480. The van der Waals surface area contributed by atoms with E-state index in [0.29, 0.717) is 67.7 Å². The quantitative estimate of drug-likeness (QED) is 0.172. The SMILES string of the molecule is CN(C)OS(=O)(=O)N1CCN(CCCCC(=O)N2C[C@H](c3ccc(Cl)c(Cl)c3)[C@H](N(C)Cc3ccc(C(F)(F)F)c(F)c3)C2)CC1. The number of likely N-dealkylation sites (tertiary alicyclic amines) is 1. The zero-order valence-electron chi connectivity index (χ0n) is 25.9. The molecular weight excluding hydrogens is 673 g/mol. The molecule has 2 aromatic carbocycles. The Balaban J connectivity index is 1.34. The second-order valence-electron chi connectivity index (χ2n) is 11.9. The van der Waals surface area contributed by atoms with Gasteiger partial charge in [0.15, 0.2) is 0 Å². The van der Waals surface area contributed by atoms with E-state index in [2.05, 4.69) is 4.90 Å². The van der Waals surface area contributed by atoms with Gasteiger partial charge in [-0.1, -0.05) is 35.3 Å². The van der Waals surface area contributed by atoms with E-state index < -0.39 is 27.9 Å². The Morgan fingerprint density at radius 2 is 1.67 bits per heavy atom. The molecule has 0 aliphatic carbocycles. The molecule has 0 N–H and O–H groups in total. The fourth-order valence-electron chi connectivity index (χ4n) is 5.98. The second-order valence-corrected chi connectivity index (χ2v) is 14.3. The van der Waals surface area contributed by atoms with Gasteiger partial charge in [-0.15, -0.1) is 0 Å². The lowest BCUT2D eigenvalue weighted by Gasteiger charge is -2.33. The lowest BCUT2D eigenvalue weighted by Crippen LogP contribution is -2.49. The first-order chi connectivity index (χ1) is 21.5. The summed E-state index contributed by atoms with van der Waals surface area (Å²) in [5, 5.41) is 1.91. The first kappa shape index (κ1) is 36.8. The monoisotopic (exact) mass is 711 g/mol. The first-order valence-corrected chi connectivity index (χ1v) is 17.0. The summed E-state index contributed by atoms with van der Waals surface area (Å²) in [4.78, 5) is 19.2. The summed E-state index contributed by atoms with van der Waals surface area (Å²) in [5.41, 5.74) is -0.0540. The molecule has 2 aliphatic heterocycles. The highest BCUT2D eigenvalue weighted by molar-refractivity contribution is 7.84. The van der Waals surface area contributed by atoms with Gasteiger partial charge in [-0.05, 0) is 61.8 Å². The molecule has 2 heterocycles. The largest absolute Gasteiger partial charge is 0.419 e. The molecule has 0 unspecified atom stereocenters. The fraction of sp³-hybridized carbons (Fsp3) is 0.567. The lowest BCUT2D eigenvalue weighted by atomic mass is 9.93. The van der Waals surface area contributed by atoms with Crippen LogP contribution in [0.5, 0.6) is 0 Å². The number of halogens is 6. The standard InChI is InChI=1S/C30H39Cl2F4N5O4S/c1-37(2)45-46(43,44)41-14-12-39(13-15-41)11-5-4-6-29(42)40-19-23(22-8-10-25(31)26(32)17-22)28(20-40)38(3)18-21-7-9-24(27(33)16-21)30(34,35)36/h7-10,16-17,23,28H,4-6,11-15,18-20H2,1-3H3/t23-,28-/m1/s1. The van der Waals surface area contributed by atoms with Crippen molar-refractivity contribution in [2.24, 2.45) is 0 Å². The van der Waals surface area contributed by atoms with Crippen LogP contribution in [-0.2, 0) is 32.1 Å². The maximum atomic E-state index is 14.3. The van der Waals surface area contributed by atoms with Gasteiger partial charge in [0.05, 0.1) is 15.6 Å². The van der Waals surface area contributed by atoms with E-state index >= 15 is 0 Å². The van der Waals surface area contributed by atoms with E-state index in [-0.39, 0.29) is 24.4 Å². The number of benzene rings is 2. The molecule has 1 amide bonds. The molecule has 46 heavy (non-hydrogen) atoms. The average molecular weight is 713 g/mol. The molecule has 16 heteroatoms. The van der Waals surface area contributed by atoms with Crippen LogP contribution in [0.1, 0.15) is 41.9 Å². The number of carbonyl (C=O) groups is 1. The smallest absolute Gasteiger partial charge is 0.340 e. The molecular formula is C30H39Cl2F4N5O4S. The van der Waals surface area contributed by atoms with Crippen LogP contribution in [0.25, 0.3) is 0 Å². The van der Waals surface area contributed by atoms with E-state index in [1.807, 2.05) is 11.0 Å². The topological polar surface area (TPSA) is 76.6 Å². The Labute approximate surface area is 277 Å². The van der Waals surface area contributed by atoms with Gasteiger partial charge in [0.1, 0.15) is 5.82 Å². The highest BCUT2D eigenvalue weighted by Gasteiger charge is 2.39. The molecule has 2 fully saturated rings. The highest BCUT2D eigenvalue weighted by Crippen LogP contribution is 2.36. The van der Waals surface area contributed by atoms with E-state index in [1.54, 1.807) is 24.1 Å². The minimum absolute atomic E-state index is 0.0155. The average Bonchev–Trinajstić information content (AvgIpc) is 3.42. The van der Waals surface area contributed by atoms with Crippen molar-refractivity contribution in [3.63, 3.8) is 0 Å². The van der Waals surface area contributed by atoms with E-state index in [1.165, 1.54) is 24.5 Å². The Morgan fingerprint density at radius 1 is 0.978 bits per heavy atom. The Hall–Kier alpha value is -2.04. The summed E-state index contributed by atoms with van der Waals surface area (Å²) in [6.07, 6.45) is -3.03. The van der Waals surface area contributed by atoms with Crippen LogP contribution >= 0.6 is 23.2 Å². The van der Waals surface area contributed by atoms with Gasteiger partial charge in [-0.2, -0.15) is 35.2 Å². The van der Waals surface area contributed by atoms with Crippen LogP contribution in [-0.4, -0.2) is 111 Å². The van der Waals surface area contributed by atoms with Crippen LogP contribution in [0.3, 0.4) is 0 Å². The van der Waals surface area contributed by atoms with Crippen LogP contribution in [0.2, 0.25) is 10.0 Å². The number of unbranched alkanes of at least 4 members (excludes halogenated alkanes) is 1. The number of likely N-dealkylation sites (N-methyl/N-ethyl adjacent to an activating group) is 1. The van der Waals surface area contributed by atoms with Crippen molar-refractivity contribution >= 4 is 39.4 Å². The van der Waals surface area contributed by atoms with Crippen molar-refractivity contribution in [2.45, 2.75) is 43.9 Å². The van der Waals surface area contributed by atoms with Crippen molar-refractivity contribution in [3.8, 4) is 0 Å². The normalized spacial score (nSPS) is 20.3. The Kier molecular flexibility index (Phi) is 12.4. The zero-order chi connectivity index (χ0) is 33.8. The van der Waals surface area contributed by atoms with Crippen molar-refractivity contribution in [3.05, 3.63) is 69.0 Å². The number of piperazine rings is 1. The molecule has 0 radical (unpaired) electrons. The van der Waals surface area contributed by atoms with Crippen LogP contribution in [0, 0.1) is 5.82 Å². The van der Waals surface area contributed by atoms with Crippen molar-refractivity contribution < 1.29 is 35.1 Å². The summed E-state index contributed by atoms with van der Waals surface area (Å²) in [6.45, 7) is 3.50. The number of amides is 1. The molecule has 0 spiro atoms. The van der Waals surface area contributed by atoms with Gasteiger partial charge in [0.25, 0.3) is 0 Å². The maximum absolute atomic E-state index is 14.3. The summed E-state index contributed by atoms with van der Waals surface area (Å²) < 4.78 is 84.2. The van der Waals surface area contributed by atoms with Gasteiger partial charge in [0, 0.05) is 78.3 Å². The minimum atomic E-state index is -4.78. The molecule has 4 rings (SSSR count). The van der Waals surface area contributed by atoms with Gasteiger partial charge in [-0.25, -0.2) is 4.39 Å². The number of hydroxylamine groups is 2. The van der Waals surface area contributed by atoms with Gasteiger partial charge in [-0.3, -0.25) is 9.69 Å². The lowest BCUT2D eigenvalue weighted by molar-refractivity contribution is -0.140. The van der Waals surface area contributed by atoms with Gasteiger partial charge in [0.2, 0.25) is 5.91 Å². The molecule has 0 saturated carbocycles. The molecule has 2 atom stereocenters. The third kappa shape index (κ3) is 9.53. The molecule has 2 aromatic rings. The van der Waals surface area contributed by atoms with Crippen molar-refractivity contribution in [2.75, 3.05) is 67.0 Å². The Morgan fingerprint density at radius 3 is 2.28 bits per heavy atom. The van der Waals surface area contributed by atoms with Crippen LogP contribution in [0.15, 0.2) is 36.4 Å². The second kappa shape index (κ2) is 15.5. The number of nitrogens with zero attached hydrogens (tertiary/aromatic N) is 5. The molecule has 9 nitrogen and oxygen atoms in total. The molecule has 256 valence electrons.